The molecule has 0 saturated carbocycles. The van der Waals surface area contributed by atoms with E-state index in [1.54, 1.807) is 0 Å². The minimum Gasteiger partial charge on any atom is -0.381 e. The van der Waals surface area contributed by atoms with Crippen LogP contribution in [0.1, 0.15) is 13.3 Å². The van der Waals surface area contributed by atoms with E-state index in [-0.39, 0.29) is 12.7 Å². The van der Waals surface area contributed by atoms with Crippen LogP contribution in [0, 0.1) is 5.92 Å². The average molecular weight is 161 g/mol. The first-order valence-electron chi connectivity index (χ1n) is 4.20. The molecule has 0 radical (unpaired) electrons. The number of nitrogens with one attached hydrogen (secondary N) is 1. The molecule has 66 valence electrons. The second-order valence-electron chi connectivity index (χ2n) is 3.19. The molecule has 0 aliphatic carbocycles. The maximum absolute atomic E-state index is 12.0. The first-order chi connectivity index (χ1) is 5.33. The van der Waals surface area contributed by atoms with E-state index in [9.17, 15) is 4.39 Å². The van der Waals surface area contributed by atoms with Gasteiger partial charge in [0.1, 0.15) is 6.67 Å². The number of halogens is 1. The Hall–Kier alpha value is -0.150. The molecule has 0 amide bonds. The van der Waals surface area contributed by atoms with E-state index in [0.29, 0.717) is 5.92 Å². The maximum Gasteiger partial charge on any atom is 0.104 e. The van der Waals surface area contributed by atoms with Crippen molar-refractivity contribution in [3.63, 3.8) is 0 Å². The fraction of sp³-hybridized carbons (Fsp3) is 1.00. The number of ether oxygens (including phenoxy) is 1. The van der Waals surface area contributed by atoms with Crippen molar-refractivity contribution >= 4 is 0 Å². The van der Waals surface area contributed by atoms with Gasteiger partial charge in [-0.3, -0.25) is 0 Å². The van der Waals surface area contributed by atoms with Crippen LogP contribution in [0.3, 0.4) is 0 Å². The Balaban J connectivity index is 2.01. The maximum atomic E-state index is 12.0. The van der Waals surface area contributed by atoms with Crippen LogP contribution in [0.25, 0.3) is 0 Å². The summed E-state index contributed by atoms with van der Waals surface area (Å²) < 4.78 is 17.2. The zero-order valence-corrected chi connectivity index (χ0v) is 6.98. The van der Waals surface area contributed by atoms with Crippen LogP contribution in [0.15, 0.2) is 0 Å². The summed E-state index contributed by atoms with van der Waals surface area (Å²) in [5.74, 6) is 0.601. The summed E-state index contributed by atoms with van der Waals surface area (Å²) in [6.07, 6.45) is 1.12. The van der Waals surface area contributed by atoms with Crippen molar-refractivity contribution < 1.29 is 9.13 Å². The summed E-state index contributed by atoms with van der Waals surface area (Å²) in [7, 11) is 0. The highest BCUT2D eigenvalue weighted by Gasteiger charge is 2.15. The fourth-order valence-corrected chi connectivity index (χ4v) is 1.17. The molecule has 0 spiro atoms. The van der Waals surface area contributed by atoms with E-state index >= 15 is 0 Å². The minimum atomic E-state index is -0.284. The lowest BCUT2D eigenvalue weighted by atomic mass is 10.1. The van der Waals surface area contributed by atoms with E-state index in [0.717, 1.165) is 26.2 Å². The van der Waals surface area contributed by atoms with Crippen LogP contribution in [-0.2, 0) is 4.74 Å². The van der Waals surface area contributed by atoms with Gasteiger partial charge in [-0.25, -0.2) is 4.39 Å². The predicted octanol–water partition coefficient (Wildman–Crippen LogP) is 0.970. The normalized spacial score (nSPS) is 27.3. The van der Waals surface area contributed by atoms with Crippen molar-refractivity contribution in [2.75, 3.05) is 26.4 Å². The first kappa shape index (κ1) is 8.94. The molecule has 0 aromatic carbocycles. The monoisotopic (exact) mass is 161 g/mol. The van der Waals surface area contributed by atoms with Crippen molar-refractivity contribution in [2.24, 2.45) is 5.92 Å². The van der Waals surface area contributed by atoms with Crippen LogP contribution in [0.5, 0.6) is 0 Å². The highest BCUT2D eigenvalue weighted by Crippen LogP contribution is 2.10. The largest absolute Gasteiger partial charge is 0.381 e. The topological polar surface area (TPSA) is 21.3 Å². The Labute approximate surface area is 67.1 Å². The Morgan fingerprint density at radius 1 is 1.73 bits per heavy atom. The zero-order chi connectivity index (χ0) is 8.10. The van der Waals surface area contributed by atoms with Gasteiger partial charge in [-0.05, 0) is 19.3 Å². The van der Waals surface area contributed by atoms with E-state index < -0.39 is 0 Å². The number of rotatable bonds is 4. The highest BCUT2D eigenvalue weighted by molar-refractivity contribution is 4.69. The summed E-state index contributed by atoms with van der Waals surface area (Å²) in [6.45, 7) is 4.18. The highest BCUT2D eigenvalue weighted by atomic mass is 19.1. The van der Waals surface area contributed by atoms with Crippen LogP contribution in [0.4, 0.5) is 4.39 Å². The van der Waals surface area contributed by atoms with E-state index in [4.69, 9.17) is 4.74 Å². The molecule has 1 aliphatic rings. The second kappa shape index (κ2) is 4.67. The van der Waals surface area contributed by atoms with Crippen molar-refractivity contribution in [2.45, 2.75) is 19.4 Å². The first-order valence-corrected chi connectivity index (χ1v) is 4.20. The van der Waals surface area contributed by atoms with Crippen LogP contribution >= 0.6 is 0 Å². The van der Waals surface area contributed by atoms with Crippen molar-refractivity contribution in [1.82, 2.24) is 5.32 Å². The molecule has 0 bridgehead atoms. The van der Waals surface area contributed by atoms with E-state index in [1.807, 2.05) is 6.92 Å². The molecule has 1 saturated heterocycles. The minimum absolute atomic E-state index is 0.00407. The molecular weight excluding hydrogens is 145 g/mol. The van der Waals surface area contributed by atoms with Gasteiger partial charge in [0.15, 0.2) is 0 Å². The molecule has 2 unspecified atom stereocenters. The molecule has 1 heterocycles. The molecular formula is C8H16FNO. The zero-order valence-electron chi connectivity index (χ0n) is 6.98. The van der Waals surface area contributed by atoms with Crippen LogP contribution in [0.2, 0.25) is 0 Å². The molecule has 1 N–H and O–H groups in total. The third-order valence-corrected chi connectivity index (χ3v) is 2.01. The standard InChI is InChI=1S/C8H16FNO/c1-7(4-9)10-5-8-2-3-11-6-8/h7-8,10H,2-6H2,1H3. The Morgan fingerprint density at radius 3 is 3.09 bits per heavy atom. The molecule has 2 atom stereocenters. The molecule has 3 heteroatoms. The van der Waals surface area contributed by atoms with Gasteiger partial charge in [0.05, 0.1) is 6.61 Å². The lowest BCUT2D eigenvalue weighted by molar-refractivity contribution is 0.184. The van der Waals surface area contributed by atoms with Gasteiger partial charge < -0.3 is 10.1 Å². The lowest BCUT2D eigenvalue weighted by Crippen LogP contribution is -2.32. The summed E-state index contributed by atoms with van der Waals surface area (Å²) in [5, 5.41) is 3.12. The van der Waals surface area contributed by atoms with Gasteiger partial charge >= 0.3 is 0 Å². The number of hydrogen-bond acceptors (Lipinski definition) is 2. The summed E-state index contributed by atoms with van der Waals surface area (Å²) in [5.41, 5.74) is 0. The second-order valence-corrected chi connectivity index (χ2v) is 3.19. The molecule has 1 fully saturated rings. The number of alkyl halides is 1. The molecule has 2 nitrogen and oxygen atoms in total. The van der Waals surface area contributed by atoms with Crippen molar-refractivity contribution in [3.8, 4) is 0 Å². The predicted molar refractivity (Wildman–Crippen MR) is 42.4 cm³/mol. The molecule has 11 heavy (non-hydrogen) atoms. The molecule has 0 aromatic rings. The lowest BCUT2D eigenvalue weighted by Gasteiger charge is -2.12. The summed E-state index contributed by atoms with van der Waals surface area (Å²) >= 11 is 0. The van der Waals surface area contributed by atoms with E-state index in [1.165, 1.54) is 0 Å². The van der Waals surface area contributed by atoms with Gasteiger partial charge in [-0.15, -0.1) is 0 Å². The Kier molecular flexibility index (Phi) is 3.80. The van der Waals surface area contributed by atoms with Crippen molar-refractivity contribution in [1.29, 1.82) is 0 Å². The third-order valence-electron chi connectivity index (χ3n) is 2.01. The average Bonchev–Trinajstić information content (AvgIpc) is 2.52. The van der Waals surface area contributed by atoms with Crippen LogP contribution < -0.4 is 5.32 Å². The molecule has 1 aliphatic heterocycles. The Morgan fingerprint density at radius 2 is 2.55 bits per heavy atom. The molecule has 1 rings (SSSR count). The smallest absolute Gasteiger partial charge is 0.104 e. The summed E-state index contributed by atoms with van der Waals surface area (Å²) in [6, 6.07) is -0.00407. The van der Waals surface area contributed by atoms with Gasteiger partial charge in [-0.2, -0.15) is 0 Å². The number of hydrogen-bond donors (Lipinski definition) is 1. The SMILES string of the molecule is CC(CF)NCC1CCOC1. The van der Waals surface area contributed by atoms with Gasteiger partial charge in [0, 0.05) is 19.2 Å². The van der Waals surface area contributed by atoms with Crippen molar-refractivity contribution in [3.05, 3.63) is 0 Å². The van der Waals surface area contributed by atoms with E-state index in [2.05, 4.69) is 5.32 Å². The molecule has 0 aromatic heterocycles. The fourth-order valence-electron chi connectivity index (χ4n) is 1.17. The van der Waals surface area contributed by atoms with Gasteiger partial charge in [-0.1, -0.05) is 0 Å². The Bertz CT molecular complexity index is 104. The van der Waals surface area contributed by atoms with Crippen LogP contribution in [-0.4, -0.2) is 32.5 Å². The third kappa shape index (κ3) is 3.16. The summed E-state index contributed by atoms with van der Waals surface area (Å²) in [4.78, 5) is 0. The quantitative estimate of drug-likeness (QED) is 0.663. The van der Waals surface area contributed by atoms with Gasteiger partial charge in [0.2, 0.25) is 0 Å². The van der Waals surface area contributed by atoms with Gasteiger partial charge in [0.25, 0.3) is 0 Å².